The lowest BCUT2D eigenvalue weighted by Gasteiger charge is -2.36. The van der Waals surface area contributed by atoms with Crippen molar-refractivity contribution in [2.24, 2.45) is 0 Å². The normalized spacial score (nSPS) is 13.2. The van der Waals surface area contributed by atoms with Gasteiger partial charge in [-0.3, -0.25) is 9.78 Å². The van der Waals surface area contributed by atoms with Gasteiger partial charge in [0.25, 0.3) is 0 Å². The van der Waals surface area contributed by atoms with Crippen molar-refractivity contribution in [2.45, 2.75) is 49.4 Å². The zero-order valence-electron chi connectivity index (χ0n) is 44.1. The summed E-state index contributed by atoms with van der Waals surface area (Å²) in [5.74, 6) is -1.07. The first-order chi connectivity index (χ1) is 38.3. The Balaban J connectivity index is 1.08. The highest BCUT2D eigenvalue weighted by molar-refractivity contribution is 5.65. The molecule has 0 heterocycles. The van der Waals surface area contributed by atoms with Gasteiger partial charge in [-0.05, 0) is 98.5 Å². The van der Waals surface area contributed by atoms with Crippen LogP contribution in [0.4, 0.5) is 0 Å². The molecule has 0 amide bonds. The second-order valence-electron chi connectivity index (χ2n) is 20.7. The highest BCUT2D eigenvalue weighted by Gasteiger charge is 2.42. The number of benzene rings is 10. The molecule has 0 radical (unpaired) electrons. The third kappa shape index (κ3) is 9.05. The van der Waals surface area contributed by atoms with Gasteiger partial charge in [-0.1, -0.05) is 146 Å². The van der Waals surface area contributed by atoms with Crippen LogP contribution in [-0.2, 0) is 21.7 Å². The summed E-state index contributed by atoms with van der Waals surface area (Å²) in [5, 5.41) is 111. The second kappa shape index (κ2) is 20.6. The summed E-state index contributed by atoms with van der Waals surface area (Å²) in [7, 11) is 0. The lowest BCUT2D eigenvalue weighted by Crippen LogP contribution is -2.29. The van der Waals surface area contributed by atoms with Crippen molar-refractivity contribution in [3.63, 3.8) is 0 Å². The minimum Gasteiger partial charge on any atom is -0.508 e. The van der Waals surface area contributed by atoms with Crippen LogP contribution in [0.25, 0.3) is 0 Å². The molecule has 10 aromatic rings. The highest BCUT2D eigenvalue weighted by atomic mass is 17.2. The van der Waals surface area contributed by atoms with E-state index in [9.17, 15) is 51.1 Å². The first-order valence-corrected chi connectivity index (χ1v) is 25.7. The van der Waals surface area contributed by atoms with E-state index in [0.717, 1.165) is 11.1 Å². The molecule has 0 aliphatic heterocycles. The van der Waals surface area contributed by atoms with Crippen molar-refractivity contribution in [2.75, 3.05) is 0 Å². The molecular formula is C68H58O12. The van der Waals surface area contributed by atoms with E-state index in [-0.39, 0.29) is 69.0 Å². The maximum Gasteiger partial charge on any atom is 0.186 e. The van der Waals surface area contributed by atoms with Gasteiger partial charge < -0.3 is 51.1 Å². The average molecular weight is 1070 g/mol. The fourth-order valence-electron chi connectivity index (χ4n) is 11.7. The molecule has 0 bridgehead atoms. The van der Waals surface area contributed by atoms with Crippen LogP contribution >= 0.6 is 0 Å². The van der Waals surface area contributed by atoms with Crippen LogP contribution in [0, 0.1) is 0 Å². The number of phenols is 10. The molecule has 12 heteroatoms. The molecule has 2 unspecified atom stereocenters. The van der Waals surface area contributed by atoms with Crippen molar-refractivity contribution in [1.82, 2.24) is 0 Å². The Morgan fingerprint density at radius 2 is 0.463 bits per heavy atom. The minimum atomic E-state index is -1.37. The molecule has 0 saturated heterocycles. The van der Waals surface area contributed by atoms with Gasteiger partial charge in [0, 0.05) is 90.4 Å². The van der Waals surface area contributed by atoms with Gasteiger partial charge in [-0.2, -0.15) is 0 Å². The number of aromatic hydroxyl groups is 10. The molecule has 0 aliphatic carbocycles. The number of para-hydroxylation sites is 4. The van der Waals surface area contributed by atoms with Crippen molar-refractivity contribution in [1.29, 1.82) is 0 Å². The minimum absolute atomic E-state index is 0.00820. The molecule has 10 aromatic carbocycles. The zero-order chi connectivity index (χ0) is 56.7. The summed E-state index contributed by atoms with van der Waals surface area (Å²) < 4.78 is 0. The Morgan fingerprint density at radius 3 is 0.787 bits per heavy atom. The Kier molecular flexibility index (Phi) is 13.7. The molecule has 0 aromatic heterocycles. The zero-order valence-corrected chi connectivity index (χ0v) is 44.1. The van der Waals surface area contributed by atoms with Crippen LogP contribution in [0.3, 0.4) is 0 Å². The fourth-order valence-corrected chi connectivity index (χ4v) is 11.7. The van der Waals surface area contributed by atoms with Gasteiger partial charge in [0.1, 0.15) is 57.5 Å². The van der Waals surface area contributed by atoms with Gasteiger partial charge in [0.05, 0.1) is 0 Å². The molecule has 80 heavy (non-hydrogen) atoms. The predicted molar refractivity (Wildman–Crippen MR) is 305 cm³/mol. The summed E-state index contributed by atoms with van der Waals surface area (Å²) in [6.07, 6.45) is 0. The maximum absolute atomic E-state index is 11.7. The van der Waals surface area contributed by atoms with Crippen LogP contribution in [0.15, 0.2) is 218 Å². The Morgan fingerprint density at radius 1 is 0.225 bits per heavy atom. The predicted octanol–water partition coefficient (Wildman–Crippen LogP) is 13.5. The van der Waals surface area contributed by atoms with E-state index in [0.29, 0.717) is 55.6 Å². The Labute approximate surface area is 462 Å². The van der Waals surface area contributed by atoms with Crippen LogP contribution in [-0.4, -0.2) is 51.1 Å². The molecule has 0 spiro atoms. The average Bonchev–Trinajstić information content (AvgIpc) is 3.58. The largest absolute Gasteiger partial charge is 0.508 e. The van der Waals surface area contributed by atoms with E-state index < -0.39 is 21.7 Å². The van der Waals surface area contributed by atoms with E-state index in [1.807, 2.05) is 93.6 Å². The van der Waals surface area contributed by atoms with Gasteiger partial charge >= 0.3 is 0 Å². The molecule has 0 fully saturated rings. The first kappa shape index (κ1) is 53.2. The summed E-state index contributed by atoms with van der Waals surface area (Å²) >= 11 is 0. The van der Waals surface area contributed by atoms with Crippen molar-refractivity contribution in [3.05, 3.63) is 285 Å². The Bertz CT molecular complexity index is 3830. The van der Waals surface area contributed by atoms with Crippen molar-refractivity contribution < 1.29 is 60.8 Å². The quantitative estimate of drug-likeness (QED) is 0.0263. The van der Waals surface area contributed by atoms with Crippen LogP contribution in [0.1, 0.15) is 94.5 Å². The standard InChI is InChI=1S/C68H58O12/c1-65(49-13-5-9-17-57(49)73,50-14-6-10-18-58(50)74)41-21-25-43(26-22-41)67(3,51-15-7-11-19-59(51)75)55-16-8-12-20-63(55)79-80-64-40-48(72)32-36-56(64)68(4,54-35-31-47(71)39-62(54)78)44-27-23-42(24-28-44)66(2,52-33-29-45(69)37-60(52)76)53-34-30-46(70)38-61(53)77/h5-40,69-78H,1-4H3. The Hall–Kier alpha value is -10.2. The number of phenolic OH excluding ortho intramolecular Hbond substituents is 10. The third-order valence-corrected chi connectivity index (χ3v) is 16.1. The monoisotopic (exact) mass is 1070 g/mol. The molecule has 12 nitrogen and oxygen atoms in total. The van der Waals surface area contributed by atoms with Gasteiger partial charge in [-0.25, -0.2) is 0 Å². The molecule has 10 N–H and O–H groups in total. The number of hydrogen-bond acceptors (Lipinski definition) is 12. The molecular weight excluding hydrogens is 1010 g/mol. The van der Waals surface area contributed by atoms with Gasteiger partial charge in [0.2, 0.25) is 0 Å². The smallest absolute Gasteiger partial charge is 0.186 e. The van der Waals surface area contributed by atoms with Gasteiger partial charge in [-0.15, -0.1) is 0 Å². The van der Waals surface area contributed by atoms with E-state index in [1.54, 1.807) is 104 Å². The summed E-state index contributed by atoms with van der Waals surface area (Å²) in [6, 6.07) is 60.3. The van der Waals surface area contributed by atoms with Crippen molar-refractivity contribution >= 4 is 0 Å². The van der Waals surface area contributed by atoms with Gasteiger partial charge in [0.15, 0.2) is 11.5 Å². The molecule has 2 atom stereocenters. The molecule has 0 saturated carbocycles. The molecule has 0 aliphatic rings. The number of hydrogen-bond donors (Lipinski definition) is 10. The SMILES string of the molecule is CC(c1ccc(C(C)(c2ccccc2O)c2ccccc2OOc2cc(O)ccc2C(C)(c2ccc(C(C)(c3ccc(O)cc3O)c3ccc(O)cc3O)cc2)c2ccc(O)cc2O)cc1)(c1ccccc1O)c1ccccc1O. The van der Waals surface area contributed by atoms with E-state index in [4.69, 9.17) is 9.78 Å². The lowest BCUT2D eigenvalue weighted by atomic mass is 9.67. The second-order valence-corrected chi connectivity index (χ2v) is 20.7. The maximum atomic E-state index is 11.7. The summed E-state index contributed by atoms with van der Waals surface area (Å²) in [5.41, 5.74) is 1.43. The summed E-state index contributed by atoms with van der Waals surface area (Å²) in [4.78, 5) is 12.9. The summed E-state index contributed by atoms with van der Waals surface area (Å²) in [6.45, 7) is 7.52. The van der Waals surface area contributed by atoms with Crippen LogP contribution in [0.2, 0.25) is 0 Å². The highest BCUT2D eigenvalue weighted by Crippen LogP contribution is 2.53. The van der Waals surface area contributed by atoms with Crippen LogP contribution < -0.4 is 9.78 Å². The van der Waals surface area contributed by atoms with Crippen LogP contribution in [0.5, 0.6) is 69.0 Å². The van der Waals surface area contributed by atoms with E-state index in [1.165, 1.54) is 48.5 Å². The molecule has 402 valence electrons. The van der Waals surface area contributed by atoms with E-state index in [2.05, 4.69) is 0 Å². The third-order valence-electron chi connectivity index (χ3n) is 16.1. The van der Waals surface area contributed by atoms with Crippen molar-refractivity contribution in [3.8, 4) is 69.0 Å². The molecule has 10 rings (SSSR count). The lowest BCUT2D eigenvalue weighted by molar-refractivity contribution is -0.102. The number of rotatable bonds is 15. The topological polar surface area (TPSA) is 221 Å². The first-order valence-electron chi connectivity index (χ1n) is 25.7. The fraction of sp³-hybridized carbons (Fsp3) is 0.118. The van der Waals surface area contributed by atoms with E-state index >= 15 is 0 Å².